The van der Waals surface area contributed by atoms with Crippen molar-refractivity contribution < 1.29 is 21.6 Å². The number of hydrogen-bond acceptors (Lipinski definition) is 4. The maximum atomic E-state index is 12.7. The van der Waals surface area contributed by atoms with Crippen LogP contribution in [0.2, 0.25) is 0 Å². The number of guanidine groups is 1. The number of benzene rings is 1. The van der Waals surface area contributed by atoms with Gasteiger partial charge in [-0.2, -0.15) is 17.5 Å². The summed E-state index contributed by atoms with van der Waals surface area (Å²) in [6.45, 7) is 0.879. The largest absolute Gasteiger partial charge is 0.511 e. The molecule has 2 rings (SSSR count). The highest BCUT2D eigenvalue weighted by atomic mass is 32.2. The number of nitrogens with zero attached hydrogens (tertiary/aromatic N) is 3. The standard InChI is InChI=1S/C19H30F3N5O2S/c1-23-18(25-14-17(26(2)3)16-7-5-4-6-8-16)24-13-15-9-11-27(12-10-15)30(28,29)19(20,21)22/h4-8,15,17H,9-14H2,1-3H3,(H2,23,24,25). The fraction of sp³-hybridized carbons (Fsp3) is 0.632. The molecule has 7 nitrogen and oxygen atoms in total. The van der Waals surface area contributed by atoms with E-state index in [1.165, 1.54) is 5.56 Å². The molecule has 1 aromatic rings. The van der Waals surface area contributed by atoms with Crippen molar-refractivity contribution in [2.24, 2.45) is 10.9 Å². The van der Waals surface area contributed by atoms with E-state index in [1.54, 1.807) is 7.05 Å². The maximum Gasteiger partial charge on any atom is 0.511 e. The first-order chi connectivity index (χ1) is 14.1. The molecule has 30 heavy (non-hydrogen) atoms. The minimum absolute atomic E-state index is 0.0713. The van der Waals surface area contributed by atoms with Crippen LogP contribution < -0.4 is 10.6 Å². The van der Waals surface area contributed by atoms with E-state index in [1.807, 2.05) is 32.3 Å². The van der Waals surface area contributed by atoms with Crippen LogP contribution in [0.4, 0.5) is 13.2 Å². The number of halogens is 3. The van der Waals surface area contributed by atoms with Crippen molar-refractivity contribution in [3.8, 4) is 0 Å². The van der Waals surface area contributed by atoms with Gasteiger partial charge in [0.25, 0.3) is 0 Å². The fourth-order valence-corrected chi connectivity index (χ4v) is 4.41. The van der Waals surface area contributed by atoms with E-state index in [0.717, 1.165) is 0 Å². The van der Waals surface area contributed by atoms with Gasteiger partial charge >= 0.3 is 15.5 Å². The third-order valence-corrected chi connectivity index (χ3v) is 6.89. The molecule has 1 aliphatic heterocycles. The number of rotatable bonds is 7. The first-order valence-corrected chi connectivity index (χ1v) is 11.2. The lowest BCUT2D eigenvalue weighted by Crippen LogP contribution is -2.47. The van der Waals surface area contributed by atoms with E-state index in [-0.39, 0.29) is 25.0 Å². The first-order valence-electron chi connectivity index (χ1n) is 9.78. The van der Waals surface area contributed by atoms with Gasteiger partial charge in [-0.1, -0.05) is 30.3 Å². The van der Waals surface area contributed by atoms with Gasteiger partial charge in [-0.25, -0.2) is 8.42 Å². The Hall–Kier alpha value is -1.85. The zero-order valence-electron chi connectivity index (χ0n) is 17.5. The van der Waals surface area contributed by atoms with Gasteiger partial charge in [0.2, 0.25) is 0 Å². The predicted molar refractivity (Wildman–Crippen MR) is 112 cm³/mol. The van der Waals surface area contributed by atoms with E-state index >= 15 is 0 Å². The Labute approximate surface area is 176 Å². The molecule has 1 fully saturated rings. The van der Waals surface area contributed by atoms with Gasteiger partial charge in [0.15, 0.2) is 5.96 Å². The second kappa shape index (κ2) is 10.5. The minimum Gasteiger partial charge on any atom is -0.356 e. The Kier molecular flexibility index (Phi) is 8.51. The highest BCUT2D eigenvalue weighted by molar-refractivity contribution is 7.90. The number of aliphatic imine (C=N–C) groups is 1. The molecule has 1 aliphatic rings. The van der Waals surface area contributed by atoms with Gasteiger partial charge in [0, 0.05) is 33.2 Å². The maximum absolute atomic E-state index is 12.7. The Balaban J connectivity index is 1.83. The van der Waals surface area contributed by atoms with Crippen LogP contribution in [0.25, 0.3) is 0 Å². The quantitative estimate of drug-likeness (QED) is 0.492. The van der Waals surface area contributed by atoms with Crippen molar-refractivity contribution >= 4 is 16.0 Å². The molecule has 11 heteroatoms. The highest BCUT2D eigenvalue weighted by Crippen LogP contribution is 2.30. The van der Waals surface area contributed by atoms with E-state index in [0.29, 0.717) is 36.2 Å². The van der Waals surface area contributed by atoms with Crippen LogP contribution in [0.5, 0.6) is 0 Å². The molecule has 1 unspecified atom stereocenters. The number of piperidine rings is 1. The first kappa shape index (κ1) is 24.4. The summed E-state index contributed by atoms with van der Waals surface area (Å²) < 4.78 is 61.5. The van der Waals surface area contributed by atoms with E-state index < -0.39 is 15.5 Å². The number of sulfonamides is 1. The molecular weight excluding hydrogens is 419 g/mol. The molecule has 1 atom stereocenters. The summed E-state index contributed by atoms with van der Waals surface area (Å²) in [5, 5.41) is 6.48. The lowest BCUT2D eigenvalue weighted by Gasteiger charge is -2.32. The lowest BCUT2D eigenvalue weighted by atomic mass is 9.98. The summed E-state index contributed by atoms with van der Waals surface area (Å²) in [5.74, 6) is 0.671. The van der Waals surface area contributed by atoms with Crippen molar-refractivity contribution in [2.45, 2.75) is 24.4 Å². The molecule has 0 amide bonds. The van der Waals surface area contributed by atoms with Crippen molar-refractivity contribution in [1.29, 1.82) is 0 Å². The van der Waals surface area contributed by atoms with Crippen LogP contribution in [0.15, 0.2) is 35.3 Å². The molecule has 0 radical (unpaired) electrons. The zero-order valence-corrected chi connectivity index (χ0v) is 18.3. The number of nitrogens with one attached hydrogen (secondary N) is 2. The molecule has 170 valence electrons. The van der Waals surface area contributed by atoms with Crippen LogP contribution >= 0.6 is 0 Å². The average Bonchev–Trinajstić information content (AvgIpc) is 2.70. The van der Waals surface area contributed by atoms with E-state index in [9.17, 15) is 21.6 Å². The number of alkyl halides is 3. The lowest BCUT2D eigenvalue weighted by molar-refractivity contribution is -0.0496. The molecule has 1 aromatic carbocycles. The van der Waals surface area contributed by atoms with Crippen molar-refractivity contribution in [2.75, 3.05) is 47.3 Å². The second-order valence-electron chi connectivity index (χ2n) is 7.52. The van der Waals surface area contributed by atoms with Gasteiger partial charge < -0.3 is 15.5 Å². The molecular formula is C19H30F3N5O2S. The van der Waals surface area contributed by atoms with Gasteiger partial charge in [-0.3, -0.25) is 4.99 Å². The Morgan fingerprint density at radius 3 is 2.30 bits per heavy atom. The van der Waals surface area contributed by atoms with Crippen LogP contribution in [-0.2, 0) is 10.0 Å². The van der Waals surface area contributed by atoms with E-state index in [2.05, 4.69) is 32.7 Å². The Bertz CT molecular complexity index is 792. The molecule has 0 aromatic heterocycles. The van der Waals surface area contributed by atoms with Crippen LogP contribution in [-0.4, -0.2) is 76.4 Å². The zero-order chi connectivity index (χ0) is 22.4. The van der Waals surface area contributed by atoms with E-state index in [4.69, 9.17) is 0 Å². The van der Waals surface area contributed by atoms with Gasteiger partial charge in [-0.05, 0) is 38.4 Å². The molecule has 0 spiro atoms. The predicted octanol–water partition coefficient (Wildman–Crippen LogP) is 2.02. The van der Waals surface area contributed by atoms with Gasteiger partial charge in [0.1, 0.15) is 0 Å². The van der Waals surface area contributed by atoms with Crippen molar-refractivity contribution in [3.63, 3.8) is 0 Å². The molecule has 1 heterocycles. The summed E-state index contributed by atoms with van der Waals surface area (Å²) >= 11 is 0. The molecule has 1 saturated heterocycles. The monoisotopic (exact) mass is 449 g/mol. The topological polar surface area (TPSA) is 77.0 Å². The Morgan fingerprint density at radius 2 is 1.80 bits per heavy atom. The van der Waals surface area contributed by atoms with Crippen molar-refractivity contribution in [1.82, 2.24) is 19.8 Å². The fourth-order valence-electron chi connectivity index (χ4n) is 3.43. The van der Waals surface area contributed by atoms with Gasteiger partial charge in [0.05, 0.1) is 6.04 Å². The van der Waals surface area contributed by atoms with Crippen LogP contribution in [0.3, 0.4) is 0 Å². The number of hydrogen-bond donors (Lipinski definition) is 2. The third-order valence-electron chi connectivity index (χ3n) is 5.26. The summed E-state index contributed by atoms with van der Waals surface area (Å²) in [7, 11) is 0.411. The summed E-state index contributed by atoms with van der Waals surface area (Å²) in [4.78, 5) is 6.31. The molecule has 2 N–H and O–H groups in total. The van der Waals surface area contributed by atoms with Crippen LogP contribution in [0, 0.1) is 5.92 Å². The van der Waals surface area contributed by atoms with Crippen molar-refractivity contribution in [3.05, 3.63) is 35.9 Å². The smallest absolute Gasteiger partial charge is 0.356 e. The van der Waals surface area contributed by atoms with Crippen LogP contribution in [0.1, 0.15) is 24.4 Å². The van der Waals surface area contributed by atoms with Gasteiger partial charge in [-0.15, -0.1) is 0 Å². The molecule has 0 aliphatic carbocycles. The summed E-state index contributed by atoms with van der Waals surface area (Å²) in [6.07, 6.45) is 0.729. The Morgan fingerprint density at radius 1 is 1.20 bits per heavy atom. The SMILES string of the molecule is CN=C(NCC1CCN(S(=O)(=O)C(F)(F)F)CC1)NCC(c1ccccc1)N(C)C. The third kappa shape index (κ3) is 6.32. The number of likely N-dealkylation sites (N-methyl/N-ethyl adjacent to an activating group) is 1. The highest BCUT2D eigenvalue weighted by Gasteiger charge is 2.50. The summed E-state index contributed by atoms with van der Waals surface area (Å²) in [6, 6.07) is 10.2. The summed E-state index contributed by atoms with van der Waals surface area (Å²) in [5.41, 5.74) is -4.07. The minimum atomic E-state index is -5.24. The average molecular weight is 450 g/mol. The normalized spacial score (nSPS) is 18.4. The second-order valence-corrected chi connectivity index (χ2v) is 9.45. The molecule has 0 saturated carbocycles. The molecule has 0 bridgehead atoms.